The van der Waals surface area contributed by atoms with E-state index in [1.807, 2.05) is 18.2 Å². The van der Waals surface area contributed by atoms with Crippen molar-refractivity contribution >= 4 is 16.9 Å². The van der Waals surface area contributed by atoms with Gasteiger partial charge in [0.25, 0.3) is 0 Å². The monoisotopic (exact) mass is 315 g/mol. The van der Waals surface area contributed by atoms with Crippen LogP contribution in [0.5, 0.6) is 5.75 Å². The van der Waals surface area contributed by atoms with Crippen molar-refractivity contribution in [2.45, 2.75) is 45.6 Å². The van der Waals surface area contributed by atoms with Gasteiger partial charge in [0, 0.05) is 23.1 Å². The molecule has 1 N–H and O–H groups in total. The molecule has 4 nitrogen and oxygen atoms in total. The maximum Gasteiger partial charge on any atom is 0.224 e. The molecule has 2 aromatic rings. The van der Waals surface area contributed by atoms with Gasteiger partial charge >= 0.3 is 0 Å². The van der Waals surface area contributed by atoms with E-state index >= 15 is 0 Å². The Morgan fingerprint density at radius 3 is 2.96 bits per heavy atom. The molecule has 124 valence electrons. The van der Waals surface area contributed by atoms with E-state index in [0.29, 0.717) is 24.3 Å². The molecule has 0 spiro atoms. The number of benzene rings is 1. The number of ether oxygens (including phenoxy) is 1. The van der Waals surface area contributed by atoms with Crippen LogP contribution in [-0.4, -0.2) is 19.1 Å². The Labute approximate surface area is 137 Å². The minimum absolute atomic E-state index is 0.0782. The van der Waals surface area contributed by atoms with Crippen LogP contribution >= 0.6 is 0 Å². The van der Waals surface area contributed by atoms with Crippen molar-refractivity contribution in [2.24, 2.45) is 11.8 Å². The van der Waals surface area contributed by atoms with Crippen molar-refractivity contribution in [3.63, 3.8) is 0 Å². The molecule has 4 heteroatoms. The summed E-state index contributed by atoms with van der Waals surface area (Å²) in [4.78, 5) is 12.4. The summed E-state index contributed by atoms with van der Waals surface area (Å²) in [7, 11) is 1.63. The zero-order chi connectivity index (χ0) is 16.4. The van der Waals surface area contributed by atoms with Crippen molar-refractivity contribution in [2.75, 3.05) is 7.11 Å². The number of rotatable bonds is 4. The molecule has 1 heterocycles. The van der Waals surface area contributed by atoms with Crippen LogP contribution in [-0.2, 0) is 11.2 Å². The van der Waals surface area contributed by atoms with E-state index in [2.05, 4.69) is 19.2 Å². The lowest BCUT2D eigenvalue weighted by Gasteiger charge is -2.34. The van der Waals surface area contributed by atoms with Crippen LogP contribution in [0.3, 0.4) is 0 Å². The first-order chi connectivity index (χ1) is 11.1. The first-order valence-corrected chi connectivity index (χ1v) is 8.42. The molecule has 1 amide bonds. The van der Waals surface area contributed by atoms with Crippen LogP contribution in [0, 0.1) is 11.8 Å². The normalized spacial score (nSPS) is 24.6. The van der Waals surface area contributed by atoms with Gasteiger partial charge < -0.3 is 14.5 Å². The van der Waals surface area contributed by atoms with E-state index in [0.717, 1.165) is 28.7 Å². The number of furan rings is 1. The summed E-state index contributed by atoms with van der Waals surface area (Å²) in [6.45, 7) is 4.52. The maximum absolute atomic E-state index is 12.4. The third-order valence-corrected chi connectivity index (χ3v) is 5.27. The maximum atomic E-state index is 12.4. The van der Waals surface area contributed by atoms with Gasteiger partial charge in [-0.25, -0.2) is 0 Å². The van der Waals surface area contributed by atoms with Crippen LogP contribution in [0.4, 0.5) is 0 Å². The number of hydrogen-bond acceptors (Lipinski definition) is 3. The quantitative estimate of drug-likeness (QED) is 0.930. The summed E-state index contributed by atoms with van der Waals surface area (Å²) < 4.78 is 10.8. The minimum Gasteiger partial charge on any atom is -0.497 e. The Bertz CT molecular complexity index is 691. The average Bonchev–Trinajstić information content (AvgIpc) is 2.94. The molecule has 3 unspecified atom stereocenters. The second-order valence-corrected chi connectivity index (χ2v) is 6.74. The number of methoxy groups -OCH3 is 1. The van der Waals surface area contributed by atoms with Crippen LogP contribution in [0.2, 0.25) is 0 Å². The number of carbonyl (C=O) groups excluding carboxylic acids is 1. The second-order valence-electron chi connectivity index (χ2n) is 6.74. The van der Waals surface area contributed by atoms with Crippen molar-refractivity contribution in [1.82, 2.24) is 5.32 Å². The number of fused-ring (bicyclic) bond motifs is 1. The SMILES string of the molecule is COc1ccc2c(CC(=O)NC3CCCC(C)C3C)coc2c1. The van der Waals surface area contributed by atoms with Gasteiger partial charge in [-0.1, -0.05) is 26.7 Å². The van der Waals surface area contributed by atoms with E-state index in [1.165, 1.54) is 12.8 Å². The Balaban J connectivity index is 1.68. The summed E-state index contributed by atoms with van der Waals surface area (Å²) >= 11 is 0. The third kappa shape index (κ3) is 3.36. The first kappa shape index (κ1) is 15.9. The average molecular weight is 315 g/mol. The Morgan fingerprint density at radius 2 is 2.17 bits per heavy atom. The topological polar surface area (TPSA) is 51.5 Å². The molecule has 1 saturated carbocycles. The predicted molar refractivity (Wildman–Crippen MR) is 90.6 cm³/mol. The van der Waals surface area contributed by atoms with E-state index in [1.54, 1.807) is 13.4 Å². The van der Waals surface area contributed by atoms with Crippen molar-refractivity contribution < 1.29 is 13.9 Å². The summed E-state index contributed by atoms with van der Waals surface area (Å²) in [5.41, 5.74) is 1.68. The van der Waals surface area contributed by atoms with Crippen LogP contribution < -0.4 is 10.1 Å². The highest BCUT2D eigenvalue weighted by atomic mass is 16.5. The highest BCUT2D eigenvalue weighted by Gasteiger charge is 2.28. The smallest absolute Gasteiger partial charge is 0.224 e. The largest absolute Gasteiger partial charge is 0.497 e. The van der Waals surface area contributed by atoms with E-state index in [9.17, 15) is 4.79 Å². The molecule has 3 atom stereocenters. The minimum atomic E-state index is 0.0782. The molecule has 1 aromatic heterocycles. The molecule has 23 heavy (non-hydrogen) atoms. The van der Waals surface area contributed by atoms with Crippen molar-refractivity contribution in [1.29, 1.82) is 0 Å². The standard InChI is InChI=1S/C19H25NO3/c1-12-5-4-6-17(13(12)2)20-19(21)9-14-11-23-18-10-15(22-3)7-8-16(14)18/h7-8,10-13,17H,4-6,9H2,1-3H3,(H,20,21). The lowest BCUT2D eigenvalue weighted by molar-refractivity contribution is -0.121. The molecule has 1 aliphatic rings. The molecule has 0 radical (unpaired) electrons. The van der Waals surface area contributed by atoms with Crippen molar-refractivity contribution in [3.05, 3.63) is 30.0 Å². The van der Waals surface area contributed by atoms with E-state index < -0.39 is 0 Å². The van der Waals surface area contributed by atoms with Crippen LogP contribution in [0.25, 0.3) is 11.0 Å². The molecule has 0 saturated heterocycles. The molecule has 1 aromatic carbocycles. The van der Waals surface area contributed by atoms with Gasteiger partial charge in [0.05, 0.1) is 19.8 Å². The first-order valence-electron chi connectivity index (χ1n) is 8.42. The fourth-order valence-corrected chi connectivity index (χ4v) is 3.54. The predicted octanol–water partition coefficient (Wildman–Crippen LogP) is 3.92. The van der Waals surface area contributed by atoms with E-state index in [-0.39, 0.29) is 5.91 Å². The summed E-state index contributed by atoms with van der Waals surface area (Å²) in [6.07, 6.45) is 5.58. The molecule has 1 aliphatic carbocycles. The molecular weight excluding hydrogens is 290 g/mol. The van der Waals surface area contributed by atoms with Gasteiger partial charge in [-0.15, -0.1) is 0 Å². The van der Waals surface area contributed by atoms with Crippen LogP contribution in [0.1, 0.15) is 38.7 Å². The fourth-order valence-electron chi connectivity index (χ4n) is 3.54. The summed E-state index contributed by atoms with van der Waals surface area (Å²) in [5, 5.41) is 4.20. The second kappa shape index (κ2) is 6.65. The van der Waals surface area contributed by atoms with Gasteiger partial charge in [0.1, 0.15) is 11.3 Å². The lowest BCUT2D eigenvalue weighted by atomic mass is 9.78. The zero-order valence-corrected chi connectivity index (χ0v) is 14.1. The molecule has 0 bridgehead atoms. The molecule has 3 rings (SSSR count). The molecule has 0 aliphatic heterocycles. The van der Waals surface area contributed by atoms with Crippen molar-refractivity contribution in [3.8, 4) is 5.75 Å². The fraction of sp³-hybridized carbons (Fsp3) is 0.526. The molecule has 1 fully saturated rings. The summed E-state index contributed by atoms with van der Waals surface area (Å²) in [5.74, 6) is 2.05. The number of carbonyl (C=O) groups is 1. The van der Waals surface area contributed by atoms with Gasteiger partial charge in [0.15, 0.2) is 0 Å². The Hall–Kier alpha value is -1.97. The number of amides is 1. The number of hydrogen-bond donors (Lipinski definition) is 1. The molecular formula is C19H25NO3. The van der Waals surface area contributed by atoms with Gasteiger partial charge in [-0.05, 0) is 30.4 Å². The number of nitrogens with one attached hydrogen (secondary N) is 1. The highest BCUT2D eigenvalue weighted by Crippen LogP contribution is 2.30. The third-order valence-electron chi connectivity index (χ3n) is 5.27. The van der Waals surface area contributed by atoms with E-state index in [4.69, 9.17) is 9.15 Å². The highest BCUT2D eigenvalue weighted by molar-refractivity contribution is 5.88. The lowest BCUT2D eigenvalue weighted by Crippen LogP contribution is -2.44. The van der Waals surface area contributed by atoms with Gasteiger partial charge in [-0.3, -0.25) is 4.79 Å². The van der Waals surface area contributed by atoms with Crippen LogP contribution in [0.15, 0.2) is 28.9 Å². The zero-order valence-electron chi connectivity index (χ0n) is 14.1. The summed E-state index contributed by atoms with van der Waals surface area (Å²) in [6, 6.07) is 5.99. The Morgan fingerprint density at radius 1 is 1.35 bits per heavy atom. The van der Waals surface area contributed by atoms with Gasteiger partial charge in [-0.2, -0.15) is 0 Å². The van der Waals surface area contributed by atoms with Gasteiger partial charge in [0.2, 0.25) is 5.91 Å². The Kier molecular flexibility index (Phi) is 4.60.